The predicted octanol–water partition coefficient (Wildman–Crippen LogP) is 4.94. The summed E-state index contributed by atoms with van der Waals surface area (Å²) >= 11 is 4.95. The number of hydrogen-bond donors (Lipinski definition) is 2. The van der Waals surface area contributed by atoms with Crippen LogP contribution in [-0.2, 0) is 11.2 Å². The number of thiazole rings is 1. The van der Waals surface area contributed by atoms with Gasteiger partial charge in [-0.05, 0) is 29.8 Å². The zero-order valence-corrected chi connectivity index (χ0v) is 14.4. The Morgan fingerprint density at radius 3 is 2.48 bits per heavy atom. The Kier molecular flexibility index (Phi) is 4.73. The first-order valence-corrected chi connectivity index (χ1v) is 8.56. The summed E-state index contributed by atoms with van der Waals surface area (Å²) in [7, 11) is 0. The minimum Gasteiger partial charge on any atom is -0.481 e. The van der Waals surface area contributed by atoms with Gasteiger partial charge in [0.1, 0.15) is 0 Å². The Labute approximate surface area is 146 Å². The van der Waals surface area contributed by atoms with Crippen molar-refractivity contribution in [3.63, 3.8) is 0 Å². The monoisotopic (exact) mass is 388 g/mol. The van der Waals surface area contributed by atoms with Gasteiger partial charge in [-0.3, -0.25) is 4.79 Å². The average Bonchev–Trinajstić information content (AvgIpc) is 2.98. The number of anilines is 2. The molecule has 23 heavy (non-hydrogen) atoms. The normalized spacial score (nSPS) is 10.5. The number of carbonyl (C=O) groups is 1. The Morgan fingerprint density at radius 1 is 1.13 bits per heavy atom. The van der Waals surface area contributed by atoms with Crippen molar-refractivity contribution in [1.29, 1.82) is 0 Å². The molecule has 0 fully saturated rings. The van der Waals surface area contributed by atoms with E-state index < -0.39 is 5.97 Å². The van der Waals surface area contributed by atoms with Crippen LogP contribution in [0.5, 0.6) is 0 Å². The van der Waals surface area contributed by atoms with E-state index >= 15 is 0 Å². The lowest BCUT2D eigenvalue weighted by atomic mass is 10.1. The summed E-state index contributed by atoms with van der Waals surface area (Å²) < 4.78 is 1.04. The molecule has 3 aromatic rings. The fourth-order valence-electron chi connectivity index (χ4n) is 2.09. The van der Waals surface area contributed by atoms with Crippen molar-refractivity contribution < 1.29 is 9.90 Å². The second-order valence-corrected chi connectivity index (χ2v) is 6.71. The van der Waals surface area contributed by atoms with Crippen LogP contribution in [-0.4, -0.2) is 16.1 Å². The van der Waals surface area contributed by atoms with E-state index in [9.17, 15) is 4.79 Å². The molecular weight excluding hydrogens is 376 g/mol. The van der Waals surface area contributed by atoms with Crippen molar-refractivity contribution in [1.82, 2.24) is 4.98 Å². The topological polar surface area (TPSA) is 62.2 Å². The number of nitrogens with one attached hydrogen (secondary N) is 1. The quantitative estimate of drug-likeness (QED) is 0.649. The van der Waals surface area contributed by atoms with Crippen LogP contribution in [0.25, 0.3) is 11.3 Å². The van der Waals surface area contributed by atoms with Crippen LogP contribution >= 0.6 is 27.3 Å². The highest BCUT2D eigenvalue weighted by Crippen LogP contribution is 2.28. The summed E-state index contributed by atoms with van der Waals surface area (Å²) in [5.74, 6) is -0.829. The van der Waals surface area contributed by atoms with E-state index in [4.69, 9.17) is 5.11 Å². The molecule has 0 bridgehead atoms. The molecule has 0 atom stereocenters. The van der Waals surface area contributed by atoms with E-state index in [1.54, 1.807) is 12.1 Å². The Balaban J connectivity index is 1.71. The average molecular weight is 389 g/mol. The maximum Gasteiger partial charge on any atom is 0.307 e. The van der Waals surface area contributed by atoms with Crippen molar-refractivity contribution >= 4 is 44.1 Å². The highest BCUT2D eigenvalue weighted by atomic mass is 79.9. The Bertz CT molecular complexity index is 813. The summed E-state index contributed by atoms with van der Waals surface area (Å²) in [6, 6.07) is 15.3. The van der Waals surface area contributed by atoms with Crippen molar-refractivity contribution in [2.24, 2.45) is 0 Å². The van der Waals surface area contributed by atoms with Crippen LogP contribution in [0, 0.1) is 0 Å². The molecular formula is C17H13BrN2O2S. The van der Waals surface area contributed by atoms with Crippen molar-refractivity contribution in [3.8, 4) is 11.3 Å². The number of aromatic nitrogens is 1. The first-order valence-electron chi connectivity index (χ1n) is 6.89. The zero-order valence-electron chi connectivity index (χ0n) is 12.0. The standard InChI is InChI=1S/C17H13BrN2O2S/c18-13-5-3-12(4-6-13)15-10-23-17(20-15)19-14-7-1-11(2-8-14)9-16(21)22/h1-8,10H,9H2,(H,19,20)(H,21,22). The maximum atomic E-state index is 10.7. The van der Waals surface area contributed by atoms with Crippen LogP contribution in [0.4, 0.5) is 10.8 Å². The first kappa shape index (κ1) is 15.7. The summed E-state index contributed by atoms with van der Waals surface area (Å²) in [4.78, 5) is 15.3. The van der Waals surface area contributed by atoms with E-state index in [-0.39, 0.29) is 6.42 Å². The lowest BCUT2D eigenvalue weighted by Crippen LogP contribution is -1.99. The van der Waals surface area contributed by atoms with E-state index in [0.717, 1.165) is 32.1 Å². The predicted molar refractivity (Wildman–Crippen MR) is 96.3 cm³/mol. The van der Waals surface area contributed by atoms with Gasteiger partial charge >= 0.3 is 5.97 Å². The van der Waals surface area contributed by atoms with E-state index in [0.29, 0.717) is 0 Å². The molecule has 116 valence electrons. The number of benzene rings is 2. The number of hydrogen-bond acceptors (Lipinski definition) is 4. The van der Waals surface area contributed by atoms with Crippen molar-refractivity contribution in [3.05, 3.63) is 63.9 Å². The summed E-state index contributed by atoms with van der Waals surface area (Å²) in [5.41, 5.74) is 3.65. The first-order chi connectivity index (χ1) is 11.1. The molecule has 2 N–H and O–H groups in total. The molecule has 0 aliphatic carbocycles. The van der Waals surface area contributed by atoms with Gasteiger partial charge in [-0.2, -0.15) is 0 Å². The fraction of sp³-hybridized carbons (Fsp3) is 0.0588. The third-order valence-electron chi connectivity index (χ3n) is 3.20. The summed E-state index contributed by atoms with van der Waals surface area (Å²) in [5, 5.41) is 14.8. The maximum absolute atomic E-state index is 10.7. The molecule has 6 heteroatoms. The highest BCUT2D eigenvalue weighted by Gasteiger charge is 2.05. The minimum absolute atomic E-state index is 0.0330. The molecule has 0 unspecified atom stereocenters. The molecule has 0 spiro atoms. The minimum atomic E-state index is -0.829. The molecule has 1 aromatic heterocycles. The van der Waals surface area contributed by atoms with E-state index in [1.165, 1.54) is 11.3 Å². The van der Waals surface area contributed by atoms with E-state index in [1.807, 2.05) is 41.8 Å². The second kappa shape index (κ2) is 6.93. The Morgan fingerprint density at radius 2 is 1.83 bits per heavy atom. The number of nitrogens with zero attached hydrogens (tertiary/aromatic N) is 1. The third kappa shape index (κ3) is 4.18. The zero-order chi connectivity index (χ0) is 16.2. The summed E-state index contributed by atoms with van der Waals surface area (Å²) in [6.45, 7) is 0. The molecule has 0 amide bonds. The molecule has 4 nitrogen and oxygen atoms in total. The molecule has 0 saturated carbocycles. The second-order valence-electron chi connectivity index (χ2n) is 4.94. The highest BCUT2D eigenvalue weighted by molar-refractivity contribution is 9.10. The number of aliphatic carboxylic acids is 1. The Hall–Kier alpha value is -2.18. The van der Waals surface area contributed by atoms with Gasteiger partial charge in [0.15, 0.2) is 5.13 Å². The van der Waals surface area contributed by atoms with Crippen LogP contribution in [0.2, 0.25) is 0 Å². The molecule has 0 aliphatic heterocycles. The fourth-order valence-corrected chi connectivity index (χ4v) is 3.09. The number of halogens is 1. The molecule has 0 aliphatic rings. The summed E-state index contributed by atoms with van der Waals surface area (Å²) in [6.07, 6.45) is 0.0330. The van der Waals surface area contributed by atoms with Crippen LogP contribution < -0.4 is 5.32 Å². The molecule has 0 radical (unpaired) electrons. The molecule has 3 rings (SSSR count). The SMILES string of the molecule is O=C(O)Cc1ccc(Nc2nc(-c3ccc(Br)cc3)cs2)cc1. The van der Waals surface area contributed by atoms with Crippen LogP contribution in [0.15, 0.2) is 58.4 Å². The van der Waals surface area contributed by atoms with Gasteiger partial charge < -0.3 is 10.4 Å². The van der Waals surface area contributed by atoms with Gasteiger partial charge in [0.05, 0.1) is 12.1 Å². The smallest absolute Gasteiger partial charge is 0.307 e. The lowest BCUT2D eigenvalue weighted by molar-refractivity contribution is -0.136. The van der Waals surface area contributed by atoms with Crippen molar-refractivity contribution in [2.75, 3.05) is 5.32 Å². The van der Waals surface area contributed by atoms with Gasteiger partial charge in [-0.15, -0.1) is 11.3 Å². The van der Waals surface area contributed by atoms with Gasteiger partial charge in [-0.25, -0.2) is 4.98 Å². The molecule has 0 saturated heterocycles. The van der Waals surface area contributed by atoms with Crippen LogP contribution in [0.1, 0.15) is 5.56 Å². The van der Waals surface area contributed by atoms with Gasteiger partial charge in [0.25, 0.3) is 0 Å². The van der Waals surface area contributed by atoms with Gasteiger partial charge in [0, 0.05) is 21.1 Å². The number of carboxylic acids is 1. The largest absolute Gasteiger partial charge is 0.481 e. The third-order valence-corrected chi connectivity index (χ3v) is 4.49. The van der Waals surface area contributed by atoms with Crippen LogP contribution in [0.3, 0.4) is 0 Å². The van der Waals surface area contributed by atoms with Gasteiger partial charge in [-0.1, -0.05) is 40.2 Å². The van der Waals surface area contributed by atoms with E-state index in [2.05, 4.69) is 26.2 Å². The van der Waals surface area contributed by atoms with Crippen molar-refractivity contribution in [2.45, 2.75) is 6.42 Å². The molecule has 2 aromatic carbocycles. The molecule has 1 heterocycles. The number of carboxylic acid groups (broad SMARTS) is 1. The number of rotatable bonds is 5. The lowest BCUT2D eigenvalue weighted by Gasteiger charge is -2.03. The van der Waals surface area contributed by atoms with Gasteiger partial charge in [0.2, 0.25) is 0 Å².